The first-order valence-corrected chi connectivity index (χ1v) is 6.26. The van der Waals surface area contributed by atoms with E-state index in [9.17, 15) is 15.3 Å². The number of aliphatic hydroxyl groups excluding tert-OH is 1. The third kappa shape index (κ3) is 4.30. The standard InChI is InChI=1S/C17H16O3/c18-15(9-7-13-3-1-5-16(19)11-13)10-8-14-4-2-6-17(20)12-14/h1-12,15,18-20H/b9-7+,10-8+. The Labute approximate surface area is 117 Å². The van der Waals surface area contributed by atoms with Crippen LogP contribution in [-0.2, 0) is 0 Å². The highest BCUT2D eigenvalue weighted by atomic mass is 16.3. The quantitative estimate of drug-likeness (QED) is 0.798. The number of rotatable bonds is 4. The molecule has 2 rings (SSSR count). The minimum atomic E-state index is -0.736. The van der Waals surface area contributed by atoms with Gasteiger partial charge in [0.25, 0.3) is 0 Å². The molecule has 2 aromatic rings. The molecule has 0 bridgehead atoms. The summed E-state index contributed by atoms with van der Waals surface area (Å²) in [5, 5.41) is 28.5. The lowest BCUT2D eigenvalue weighted by Crippen LogP contribution is -1.95. The average molecular weight is 268 g/mol. The Bertz CT molecular complexity index is 574. The van der Waals surface area contributed by atoms with E-state index < -0.39 is 6.10 Å². The highest BCUT2D eigenvalue weighted by molar-refractivity contribution is 5.55. The number of hydrogen-bond acceptors (Lipinski definition) is 3. The number of phenolic OH excluding ortho intramolecular Hbond substituents is 2. The van der Waals surface area contributed by atoms with E-state index in [2.05, 4.69) is 0 Å². The van der Waals surface area contributed by atoms with E-state index in [1.165, 1.54) is 0 Å². The van der Waals surface area contributed by atoms with E-state index >= 15 is 0 Å². The van der Waals surface area contributed by atoms with Gasteiger partial charge in [0, 0.05) is 0 Å². The molecule has 0 aliphatic carbocycles. The summed E-state index contributed by atoms with van der Waals surface area (Å²) in [4.78, 5) is 0. The molecule has 0 unspecified atom stereocenters. The monoisotopic (exact) mass is 268 g/mol. The van der Waals surface area contributed by atoms with Gasteiger partial charge in [-0.15, -0.1) is 0 Å². The normalized spacial score (nSPS) is 11.7. The van der Waals surface area contributed by atoms with Crippen LogP contribution in [0.4, 0.5) is 0 Å². The molecule has 2 aromatic carbocycles. The molecule has 0 aliphatic heterocycles. The number of aromatic hydroxyl groups is 2. The zero-order valence-corrected chi connectivity index (χ0v) is 10.8. The van der Waals surface area contributed by atoms with E-state index in [0.29, 0.717) is 0 Å². The number of phenols is 2. The lowest BCUT2D eigenvalue weighted by Gasteiger charge is -1.99. The summed E-state index contributed by atoms with van der Waals surface area (Å²) < 4.78 is 0. The van der Waals surface area contributed by atoms with Crippen LogP contribution < -0.4 is 0 Å². The summed E-state index contributed by atoms with van der Waals surface area (Å²) in [5.74, 6) is 0.383. The lowest BCUT2D eigenvalue weighted by atomic mass is 10.1. The fraction of sp³-hybridized carbons (Fsp3) is 0.0588. The Morgan fingerprint density at radius 3 is 1.60 bits per heavy atom. The smallest absolute Gasteiger partial charge is 0.116 e. The second-order valence-corrected chi connectivity index (χ2v) is 4.40. The number of aliphatic hydroxyl groups is 1. The Kier molecular flexibility index (Phi) is 4.58. The molecule has 0 aromatic heterocycles. The number of benzene rings is 2. The lowest BCUT2D eigenvalue weighted by molar-refractivity contribution is 0.273. The first-order valence-electron chi connectivity index (χ1n) is 6.26. The molecule has 0 amide bonds. The predicted octanol–water partition coefficient (Wildman–Crippen LogP) is 3.19. The van der Waals surface area contributed by atoms with Gasteiger partial charge < -0.3 is 15.3 Å². The maximum Gasteiger partial charge on any atom is 0.116 e. The van der Waals surface area contributed by atoms with Crippen molar-refractivity contribution in [2.45, 2.75) is 6.10 Å². The van der Waals surface area contributed by atoms with E-state index in [1.54, 1.807) is 60.7 Å². The second kappa shape index (κ2) is 6.59. The molecular weight excluding hydrogens is 252 g/mol. The third-order valence-electron chi connectivity index (χ3n) is 2.71. The Hall–Kier alpha value is -2.52. The zero-order valence-electron chi connectivity index (χ0n) is 10.8. The van der Waals surface area contributed by atoms with Crippen molar-refractivity contribution < 1.29 is 15.3 Å². The van der Waals surface area contributed by atoms with Crippen LogP contribution in [0.1, 0.15) is 11.1 Å². The van der Waals surface area contributed by atoms with Crippen LogP contribution in [0.15, 0.2) is 60.7 Å². The van der Waals surface area contributed by atoms with Gasteiger partial charge in [0.05, 0.1) is 6.10 Å². The van der Waals surface area contributed by atoms with Crippen LogP contribution in [0.2, 0.25) is 0 Å². The molecule has 0 atom stereocenters. The van der Waals surface area contributed by atoms with Crippen molar-refractivity contribution in [3.63, 3.8) is 0 Å². The van der Waals surface area contributed by atoms with Gasteiger partial charge in [0.1, 0.15) is 11.5 Å². The van der Waals surface area contributed by atoms with Crippen molar-refractivity contribution in [1.82, 2.24) is 0 Å². The zero-order chi connectivity index (χ0) is 14.4. The highest BCUT2D eigenvalue weighted by Crippen LogP contribution is 2.14. The molecule has 0 radical (unpaired) electrons. The van der Waals surface area contributed by atoms with Gasteiger partial charge in [0.15, 0.2) is 0 Å². The van der Waals surface area contributed by atoms with Crippen LogP contribution in [0.25, 0.3) is 12.2 Å². The van der Waals surface area contributed by atoms with E-state index in [1.807, 2.05) is 12.1 Å². The van der Waals surface area contributed by atoms with Gasteiger partial charge in [-0.25, -0.2) is 0 Å². The first kappa shape index (κ1) is 13.9. The highest BCUT2D eigenvalue weighted by Gasteiger charge is 1.95. The minimum Gasteiger partial charge on any atom is -0.508 e. The van der Waals surface area contributed by atoms with Crippen molar-refractivity contribution in [2.75, 3.05) is 0 Å². The molecule has 102 valence electrons. The van der Waals surface area contributed by atoms with Crippen LogP contribution in [0.5, 0.6) is 11.5 Å². The van der Waals surface area contributed by atoms with Gasteiger partial charge in [-0.2, -0.15) is 0 Å². The maximum atomic E-state index is 9.81. The minimum absolute atomic E-state index is 0.192. The Morgan fingerprint density at radius 2 is 1.20 bits per heavy atom. The van der Waals surface area contributed by atoms with E-state index in [-0.39, 0.29) is 11.5 Å². The molecule has 0 saturated carbocycles. The molecule has 0 saturated heterocycles. The summed E-state index contributed by atoms with van der Waals surface area (Å²) in [6.45, 7) is 0. The predicted molar refractivity (Wildman–Crippen MR) is 80.3 cm³/mol. The molecule has 0 fully saturated rings. The molecular formula is C17H16O3. The van der Waals surface area contributed by atoms with Crippen LogP contribution >= 0.6 is 0 Å². The van der Waals surface area contributed by atoms with Crippen molar-refractivity contribution in [2.24, 2.45) is 0 Å². The van der Waals surface area contributed by atoms with Crippen molar-refractivity contribution >= 4 is 12.2 Å². The van der Waals surface area contributed by atoms with E-state index in [4.69, 9.17) is 0 Å². The molecule has 0 aliphatic rings. The van der Waals surface area contributed by atoms with Gasteiger partial charge in [0.2, 0.25) is 0 Å². The molecule has 3 heteroatoms. The first-order chi connectivity index (χ1) is 9.63. The van der Waals surface area contributed by atoms with Gasteiger partial charge in [-0.05, 0) is 35.4 Å². The molecule has 0 spiro atoms. The van der Waals surface area contributed by atoms with Crippen molar-refractivity contribution in [1.29, 1.82) is 0 Å². The topological polar surface area (TPSA) is 60.7 Å². The van der Waals surface area contributed by atoms with Crippen LogP contribution in [0, 0.1) is 0 Å². The molecule has 20 heavy (non-hydrogen) atoms. The summed E-state index contributed by atoms with van der Waals surface area (Å²) >= 11 is 0. The largest absolute Gasteiger partial charge is 0.508 e. The summed E-state index contributed by atoms with van der Waals surface area (Å²) in [5.41, 5.74) is 1.63. The second-order valence-electron chi connectivity index (χ2n) is 4.40. The van der Waals surface area contributed by atoms with Gasteiger partial charge in [-0.3, -0.25) is 0 Å². The van der Waals surface area contributed by atoms with Crippen LogP contribution in [-0.4, -0.2) is 21.4 Å². The van der Waals surface area contributed by atoms with Gasteiger partial charge >= 0.3 is 0 Å². The SMILES string of the molecule is Oc1cccc(/C=C/C(O)/C=C/c2cccc(O)c2)c1. The fourth-order valence-electron chi connectivity index (χ4n) is 1.74. The molecule has 3 N–H and O–H groups in total. The Morgan fingerprint density at radius 1 is 0.750 bits per heavy atom. The van der Waals surface area contributed by atoms with Gasteiger partial charge in [-0.1, -0.05) is 48.6 Å². The number of hydrogen-bond donors (Lipinski definition) is 3. The summed E-state index contributed by atoms with van der Waals surface area (Å²) in [6.07, 6.45) is 5.97. The molecule has 0 heterocycles. The molecule has 3 nitrogen and oxygen atoms in total. The van der Waals surface area contributed by atoms with Crippen molar-refractivity contribution in [3.05, 3.63) is 71.8 Å². The summed E-state index contributed by atoms with van der Waals surface area (Å²) in [6, 6.07) is 13.6. The summed E-state index contributed by atoms with van der Waals surface area (Å²) in [7, 11) is 0. The fourth-order valence-corrected chi connectivity index (χ4v) is 1.74. The Balaban J connectivity index is 2.00. The van der Waals surface area contributed by atoms with E-state index in [0.717, 1.165) is 11.1 Å². The maximum absolute atomic E-state index is 9.81. The van der Waals surface area contributed by atoms with Crippen LogP contribution in [0.3, 0.4) is 0 Å². The average Bonchev–Trinajstić information content (AvgIpc) is 2.43. The third-order valence-corrected chi connectivity index (χ3v) is 2.71. The van der Waals surface area contributed by atoms with Crippen molar-refractivity contribution in [3.8, 4) is 11.5 Å².